The molecule has 1 heterocycles. The summed E-state index contributed by atoms with van der Waals surface area (Å²) in [7, 11) is 1.52. The van der Waals surface area contributed by atoms with Gasteiger partial charge in [-0.25, -0.2) is 0 Å². The number of rotatable bonds is 5. The molecular formula is C21H15BrCl2N2O3. The van der Waals surface area contributed by atoms with Gasteiger partial charge in [0.15, 0.2) is 11.5 Å². The lowest BCUT2D eigenvalue weighted by Crippen LogP contribution is -2.13. The van der Waals surface area contributed by atoms with Crippen LogP contribution in [0.25, 0.3) is 11.1 Å². The number of hydrogen-bond donors (Lipinski definition) is 1. The zero-order chi connectivity index (χ0) is 21.1. The fourth-order valence-electron chi connectivity index (χ4n) is 2.82. The minimum Gasteiger partial charge on any atom is -0.493 e. The molecule has 148 valence electrons. The first-order valence-corrected chi connectivity index (χ1v) is 9.97. The number of aryl methyl sites for hydroxylation is 1. The number of ether oxygens (including phenoxy) is 2. The highest BCUT2D eigenvalue weighted by atomic mass is 79.9. The van der Waals surface area contributed by atoms with Crippen LogP contribution in [0.3, 0.4) is 0 Å². The van der Waals surface area contributed by atoms with Gasteiger partial charge in [-0.15, -0.1) is 0 Å². The van der Waals surface area contributed by atoms with E-state index in [4.69, 9.17) is 32.7 Å². The number of aromatic amines is 1. The number of nitrogens with zero attached hydrogens (tertiary/aromatic N) is 1. The van der Waals surface area contributed by atoms with Gasteiger partial charge >= 0.3 is 0 Å². The molecule has 3 aromatic rings. The first kappa shape index (κ1) is 21.3. The number of nitriles is 1. The van der Waals surface area contributed by atoms with Gasteiger partial charge in [-0.1, -0.05) is 45.2 Å². The predicted molar refractivity (Wildman–Crippen MR) is 117 cm³/mol. The van der Waals surface area contributed by atoms with E-state index in [1.165, 1.54) is 7.11 Å². The molecule has 0 saturated heterocycles. The Hall–Kier alpha value is -2.46. The first-order chi connectivity index (χ1) is 13.8. The van der Waals surface area contributed by atoms with Crippen LogP contribution in [-0.4, -0.2) is 12.1 Å². The monoisotopic (exact) mass is 492 g/mol. The van der Waals surface area contributed by atoms with E-state index >= 15 is 0 Å². The molecule has 0 unspecified atom stereocenters. The zero-order valence-electron chi connectivity index (χ0n) is 15.5. The molecule has 1 aromatic heterocycles. The molecule has 0 spiro atoms. The Bertz CT molecular complexity index is 1190. The van der Waals surface area contributed by atoms with Gasteiger partial charge in [0.2, 0.25) is 0 Å². The summed E-state index contributed by atoms with van der Waals surface area (Å²) in [5.41, 5.74) is 2.16. The highest BCUT2D eigenvalue weighted by molar-refractivity contribution is 9.10. The van der Waals surface area contributed by atoms with E-state index in [9.17, 15) is 10.1 Å². The molecule has 0 saturated carbocycles. The number of H-pyrrole nitrogens is 1. The molecule has 0 aliphatic carbocycles. The Morgan fingerprint density at radius 3 is 2.55 bits per heavy atom. The van der Waals surface area contributed by atoms with E-state index in [0.29, 0.717) is 42.8 Å². The third-order valence-corrected chi connectivity index (χ3v) is 5.46. The Balaban J connectivity index is 2.01. The summed E-state index contributed by atoms with van der Waals surface area (Å²) in [6.07, 6.45) is 0. The van der Waals surface area contributed by atoms with Crippen molar-refractivity contribution in [1.29, 1.82) is 5.26 Å². The van der Waals surface area contributed by atoms with Crippen molar-refractivity contribution in [1.82, 2.24) is 4.98 Å². The highest BCUT2D eigenvalue weighted by Crippen LogP contribution is 2.40. The Morgan fingerprint density at radius 1 is 1.14 bits per heavy atom. The molecular weight excluding hydrogens is 479 g/mol. The SMILES string of the molecule is COc1cc(-c2cc(C)[nH]c(=O)c2C#N)c(Br)cc1OCc1ccc(Cl)cc1Cl. The summed E-state index contributed by atoms with van der Waals surface area (Å²) in [5.74, 6) is 0.935. The largest absolute Gasteiger partial charge is 0.493 e. The van der Waals surface area contributed by atoms with E-state index < -0.39 is 5.56 Å². The maximum atomic E-state index is 12.1. The van der Waals surface area contributed by atoms with Gasteiger partial charge in [0.1, 0.15) is 18.2 Å². The van der Waals surface area contributed by atoms with E-state index in [0.717, 1.165) is 5.56 Å². The van der Waals surface area contributed by atoms with Crippen molar-refractivity contribution >= 4 is 39.1 Å². The lowest BCUT2D eigenvalue weighted by Gasteiger charge is -2.15. The lowest BCUT2D eigenvalue weighted by atomic mass is 10.0. The predicted octanol–water partition coefficient (Wildman–Crippen LogP) is 5.88. The molecule has 2 aromatic carbocycles. The second-order valence-electron chi connectivity index (χ2n) is 6.19. The molecule has 0 radical (unpaired) electrons. The molecule has 0 aliphatic heterocycles. The van der Waals surface area contributed by atoms with Crippen molar-refractivity contribution in [2.24, 2.45) is 0 Å². The fourth-order valence-corrected chi connectivity index (χ4v) is 3.82. The number of halogens is 3. The summed E-state index contributed by atoms with van der Waals surface area (Å²) < 4.78 is 12.0. The molecule has 5 nitrogen and oxygen atoms in total. The zero-order valence-corrected chi connectivity index (χ0v) is 18.6. The molecule has 0 bridgehead atoms. The molecule has 29 heavy (non-hydrogen) atoms. The van der Waals surface area contributed by atoms with Gasteiger partial charge in [-0.2, -0.15) is 5.26 Å². The van der Waals surface area contributed by atoms with Crippen LogP contribution in [0.2, 0.25) is 10.0 Å². The summed E-state index contributed by atoms with van der Waals surface area (Å²) in [4.78, 5) is 14.8. The average molecular weight is 494 g/mol. The van der Waals surface area contributed by atoms with E-state index in [1.807, 2.05) is 6.07 Å². The molecule has 0 atom stereocenters. The van der Waals surface area contributed by atoms with Crippen molar-refractivity contribution in [2.75, 3.05) is 7.11 Å². The average Bonchev–Trinajstić information content (AvgIpc) is 2.67. The summed E-state index contributed by atoms with van der Waals surface area (Å²) in [6, 6.07) is 12.3. The minimum atomic E-state index is -0.439. The van der Waals surface area contributed by atoms with Gasteiger partial charge in [-0.3, -0.25) is 4.79 Å². The van der Waals surface area contributed by atoms with Crippen molar-refractivity contribution in [3.05, 3.63) is 78.1 Å². The van der Waals surface area contributed by atoms with Crippen molar-refractivity contribution in [2.45, 2.75) is 13.5 Å². The number of benzene rings is 2. The topological polar surface area (TPSA) is 75.1 Å². The Labute approximate surface area is 185 Å². The Kier molecular flexibility index (Phi) is 6.53. The first-order valence-electron chi connectivity index (χ1n) is 8.42. The maximum Gasteiger partial charge on any atom is 0.266 e. The maximum absolute atomic E-state index is 12.1. The van der Waals surface area contributed by atoms with Crippen molar-refractivity contribution < 1.29 is 9.47 Å². The smallest absolute Gasteiger partial charge is 0.266 e. The molecule has 8 heteroatoms. The van der Waals surface area contributed by atoms with Crippen LogP contribution in [0.1, 0.15) is 16.8 Å². The van der Waals surface area contributed by atoms with Crippen LogP contribution in [0.5, 0.6) is 11.5 Å². The van der Waals surface area contributed by atoms with Crippen molar-refractivity contribution in [3.8, 4) is 28.7 Å². The van der Waals surface area contributed by atoms with Crippen LogP contribution < -0.4 is 15.0 Å². The molecule has 0 fully saturated rings. The van der Waals surface area contributed by atoms with Crippen LogP contribution >= 0.6 is 39.1 Å². The quantitative estimate of drug-likeness (QED) is 0.481. The van der Waals surface area contributed by atoms with Crippen molar-refractivity contribution in [3.63, 3.8) is 0 Å². The van der Waals surface area contributed by atoms with E-state index in [2.05, 4.69) is 20.9 Å². The Morgan fingerprint density at radius 2 is 1.90 bits per heavy atom. The van der Waals surface area contributed by atoms with Gasteiger partial charge in [0.25, 0.3) is 5.56 Å². The van der Waals surface area contributed by atoms with Crippen LogP contribution in [0, 0.1) is 18.3 Å². The van der Waals surface area contributed by atoms with Crippen LogP contribution in [0.15, 0.2) is 45.7 Å². The van der Waals surface area contributed by atoms with Gasteiger partial charge in [0, 0.05) is 36.9 Å². The summed E-state index contributed by atoms with van der Waals surface area (Å²) in [6.45, 7) is 1.97. The van der Waals surface area contributed by atoms with E-state index in [1.54, 1.807) is 43.3 Å². The van der Waals surface area contributed by atoms with Crippen LogP contribution in [0.4, 0.5) is 0 Å². The molecule has 3 rings (SSSR count). The normalized spacial score (nSPS) is 10.5. The van der Waals surface area contributed by atoms with E-state index in [-0.39, 0.29) is 12.2 Å². The van der Waals surface area contributed by atoms with Gasteiger partial charge < -0.3 is 14.5 Å². The molecule has 1 N–H and O–H groups in total. The second-order valence-corrected chi connectivity index (χ2v) is 7.89. The number of methoxy groups -OCH3 is 1. The lowest BCUT2D eigenvalue weighted by molar-refractivity contribution is 0.284. The minimum absolute atomic E-state index is 0.0277. The number of aromatic nitrogens is 1. The van der Waals surface area contributed by atoms with Gasteiger partial charge in [0.05, 0.1) is 7.11 Å². The summed E-state index contributed by atoms with van der Waals surface area (Å²) in [5, 5.41) is 10.5. The third kappa shape index (κ3) is 4.59. The number of pyridine rings is 1. The number of nitrogens with one attached hydrogen (secondary N) is 1. The standard InChI is InChI=1S/C21H15BrCl2N2O3/c1-11-5-14(16(9-25)21(27)26-11)15-7-19(28-2)20(8-17(15)22)29-10-12-3-4-13(23)6-18(12)24/h3-8H,10H2,1-2H3,(H,26,27). The van der Waals surface area contributed by atoms with Gasteiger partial charge in [-0.05, 0) is 37.3 Å². The second kappa shape index (κ2) is 8.91. The molecule has 0 amide bonds. The summed E-state index contributed by atoms with van der Waals surface area (Å²) >= 11 is 15.6. The van der Waals surface area contributed by atoms with Crippen LogP contribution in [-0.2, 0) is 6.61 Å². The number of hydrogen-bond acceptors (Lipinski definition) is 4. The fraction of sp³-hybridized carbons (Fsp3) is 0.143. The third-order valence-electron chi connectivity index (χ3n) is 4.22. The molecule has 0 aliphatic rings. The highest BCUT2D eigenvalue weighted by Gasteiger charge is 2.17.